The molecule has 34 heavy (non-hydrogen) atoms. The van der Waals surface area contributed by atoms with Gasteiger partial charge < -0.3 is 14.6 Å². The van der Waals surface area contributed by atoms with E-state index in [0.29, 0.717) is 38.3 Å². The lowest BCUT2D eigenvalue weighted by Crippen LogP contribution is -2.36. The van der Waals surface area contributed by atoms with Crippen molar-refractivity contribution in [2.45, 2.75) is 72.4 Å². The third kappa shape index (κ3) is 4.86. The van der Waals surface area contributed by atoms with Gasteiger partial charge in [0.05, 0.1) is 12.0 Å². The van der Waals surface area contributed by atoms with Crippen LogP contribution in [0.15, 0.2) is 42.6 Å². The molecule has 2 aromatic heterocycles. The first-order chi connectivity index (χ1) is 16.2. The first-order valence-corrected chi connectivity index (χ1v) is 12.2. The molecular weight excluding hydrogens is 426 g/mol. The molecule has 0 atom stereocenters. The largest absolute Gasteiger partial charge is 0.481 e. The molecule has 180 valence electrons. The molecule has 0 unspecified atom stereocenters. The molecule has 1 aliphatic rings. The van der Waals surface area contributed by atoms with Gasteiger partial charge in [-0.1, -0.05) is 38.1 Å². The number of carboxylic acids is 1. The Morgan fingerprint density at radius 2 is 1.88 bits per heavy atom. The molecule has 0 aliphatic carbocycles. The number of pyridine rings is 1. The van der Waals surface area contributed by atoms with Crippen molar-refractivity contribution in [3.05, 3.63) is 65.0 Å². The molecule has 0 saturated carbocycles. The molecule has 6 heteroatoms. The Balaban J connectivity index is 1.54. The summed E-state index contributed by atoms with van der Waals surface area (Å²) in [6.07, 6.45) is 4.08. The number of hydrogen-bond acceptors (Lipinski definition) is 3. The highest BCUT2D eigenvalue weighted by Crippen LogP contribution is 2.31. The van der Waals surface area contributed by atoms with E-state index in [4.69, 9.17) is 4.98 Å². The summed E-state index contributed by atoms with van der Waals surface area (Å²) in [5, 5.41) is 10.5. The molecule has 6 nitrogen and oxygen atoms in total. The predicted molar refractivity (Wildman–Crippen MR) is 134 cm³/mol. The van der Waals surface area contributed by atoms with Crippen LogP contribution in [0.25, 0.3) is 11.0 Å². The van der Waals surface area contributed by atoms with Crippen molar-refractivity contribution in [2.24, 2.45) is 5.41 Å². The fourth-order valence-corrected chi connectivity index (χ4v) is 4.78. The maximum atomic E-state index is 13.0. The van der Waals surface area contributed by atoms with Gasteiger partial charge >= 0.3 is 5.97 Å². The van der Waals surface area contributed by atoms with Crippen LogP contribution in [0.3, 0.4) is 0 Å². The summed E-state index contributed by atoms with van der Waals surface area (Å²) in [5.41, 5.74) is 5.15. The molecule has 3 heterocycles. The van der Waals surface area contributed by atoms with Gasteiger partial charge in [0.15, 0.2) is 0 Å². The second-order valence-corrected chi connectivity index (χ2v) is 10.4. The summed E-state index contributed by atoms with van der Waals surface area (Å²) in [6.45, 7) is 9.79. The van der Waals surface area contributed by atoms with E-state index < -0.39 is 11.4 Å². The monoisotopic (exact) mass is 461 g/mol. The van der Waals surface area contributed by atoms with Gasteiger partial charge in [0.2, 0.25) is 5.91 Å². The quantitative estimate of drug-likeness (QED) is 0.489. The number of carbonyl (C=O) groups is 2. The van der Waals surface area contributed by atoms with Gasteiger partial charge in [-0.25, -0.2) is 4.98 Å². The maximum Gasteiger partial charge on any atom is 0.309 e. The number of hydrogen-bond donors (Lipinski definition) is 1. The highest BCUT2D eigenvalue weighted by Gasteiger charge is 2.29. The van der Waals surface area contributed by atoms with Crippen molar-refractivity contribution in [3.63, 3.8) is 0 Å². The number of benzene rings is 1. The lowest BCUT2D eigenvalue weighted by atomic mass is 9.87. The van der Waals surface area contributed by atoms with E-state index in [2.05, 4.69) is 48.7 Å². The van der Waals surface area contributed by atoms with Gasteiger partial charge in [0.25, 0.3) is 0 Å². The van der Waals surface area contributed by atoms with E-state index in [1.165, 1.54) is 22.1 Å². The van der Waals surface area contributed by atoms with E-state index in [9.17, 15) is 14.7 Å². The van der Waals surface area contributed by atoms with Crippen LogP contribution in [0.4, 0.5) is 0 Å². The van der Waals surface area contributed by atoms with Crippen LogP contribution in [0, 0.1) is 5.41 Å². The van der Waals surface area contributed by atoms with Gasteiger partial charge in [-0.2, -0.15) is 0 Å². The Hall–Kier alpha value is -3.15. The smallest absolute Gasteiger partial charge is 0.309 e. The average Bonchev–Trinajstić information content (AvgIpc) is 3.12. The van der Waals surface area contributed by atoms with Crippen LogP contribution < -0.4 is 0 Å². The fourth-order valence-electron chi connectivity index (χ4n) is 4.78. The first kappa shape index (κ1) is 24.0. The summed E-state index contributed by atoms with van der Waals surface area (Å²) >= 11 is 0. The summed E-state index contributed by atoms with van der Waals surface area (Å²) in [5.74, 6) is -0.226. The van der Waals surface area contributed by atoms with Crippen molar-refractivity contribution < 1.29 is 14.7 Å². The molecule has 1 N–H and O–H groups in total. The Morgan fingerprint density at radius 3 is 2.56 bits per heavy atom. The van der Waals surface area contributed by atoms with Crippen LogP contribution in [0.5, 0.6) is 0 Å². The zero-order valence-corrected chi connectivity index (χ0v) is 20.7. The number of aliphatic carboxylic acids is 1. The zero-order chi connectivity index (χ0) is 24.5. The number of nitrogens with zero attached hydrogens (tertiary/aromatic N) is 3. The fraction of sp³-hybridized carbons (Fsp3) is 0.464. The number of fused-ring (bicyclic) bond motifs is 3. The minimum atomic E-state index is -0.819. The van der Waals surface area contributed by atoms with Crippen molar-refractivity contribution in [3.8, 4) is 0 Å². The van der Waals surface area contributed by atoms with Crippen molar-refractivity contribution in [1.29, 1.82) is 0 Å². The molecule has 1 aromatic carbocycles. The molecule has 4 rings (SSSR count). The van der Waals surface area contributed by atoms with Gasteiger partial charge in [-0.05, 0) is 67.9 Å². The van der Waals surface area contributed by atoms with Gasteiger partial charge in [0, 0.05) is 36.8 Å². The van der Waals surface area contributed by atoms with Crippen LogP contribution in [0.1, 0.15) is 75.3 Å². The molecular formula is C28H35N3O3. The molecule has 0 fully saturated rings. The maximum absolute atomic E-state index is 13.0. The molecule has 1 amide bonds. The van der Waals surface area contributed by atoms with Gasteiger partial charge in [0.1, 0.15) is 5.65 Å². The van der Waals surface area contributed by atoms with Crippen LogP contribution in [-0.4, -0.2) is 38.0 Å². The van der Waals surface area contributed by atoms with Crippen LogP contribution >= 0.6 is 0 Å². The second-order valence-electron chi connectivity index (χ2n) is 10.4. The van der Waals surface area contributed by atoms with E-state index >= 15 is 0 Å². The molecule has 3 aromatic rings. The highest BCUT2D eigenvalue weighted by atomic mass is 16.4. The van der Waals surface area contributed by atoms with E-state index in [-0.39, 0.29) is 5.91 Å². The molecule has 0 radical (unpaired) electrons. The highest BCUT2D eigenvalue weighted by molar-refractivity contribution is 5.84. The van der Waals surface area contributed by atoms with Crippen molar-refractivity contribution in [2.75, 3.05) is 6.54 Å². The SMILES string of the molecule is CC(C)c1ccc(Cn2c3c(c4cccnc42)CCN(C(=O)CCCC(C)(C)C(=O)O)C3)cc1. The van der Waals surface area contributed by atoms with Gasteiger partial charge in [-0.15, -0.1) is 0 Å². The van der Waals surface area contributed by atoms with Crippen molar-refractivity contribution >= 4 is 22.9 Å². The van der Waals surface area contributed by atoms with Crippen LogP contribution in [-0.2, 0) is 29.1 Å². The lowest BCUT2D eigenvalue weighted by Gasteiger charge is -2.29. The summed E-state index contributed by atoms with van der Waals surface area (Å²) < 4.78 is 2.27. The van der Waals surface area contributed by atoms with Gasteiger partial charge in [-0.3, -0.25) is 9.59 Å². The minimum Gasteiger partial charge on any atom is -0.481 e. The standard InChI is InChI=1S/C28H35N3O3/c1-19(2)21-11-9-20(10-12-21)17-31-24-18-30(25(32)8-5-14-28(3,4)27(33)34)16-13-22(24)23-7-6-15-29-26(23)31/h6-7,9-12,15,19H,5,8,13-14,16-18H2,1-4H3,(H,33,34). The average molecular weight is 462 g/mol. The Kier molecular flexibility index (Phi) is 6.78. The molecule has 0 spiro atoms. The predicted octanol–water partition coefficient (Wildman–Crippen LogP) is 5.37. The number of amides is 1. The molecule has 0 bridgehead atoms. The lowest BCUT2D eigenvalue weighted by molar-refractivity contribution is -0.147. The van der Waals surface area contributed by atoms with E-state index in [0.717, 1.165) is 24.3 Å². The summed E-state index contributed by atoms with van der Waals surface area (Å²) in [4.78, 5) is 31.0. The number of aromatic nitrogens is 2. The Labute approximate surface area is 201 Å². The topological polar surface area (TPSA) is 75.4 Å². The molecule has 1 aliphatic heterocycles. The Bertz CT molecular complexity index is 1190. The summed E-state index contributed by atoms with van der Waals surface area (Å²) in [6, 6.07) is 12.9. The first-order valence-electron chi connectivity index (χ1n) is 12.2. The number of carbonyl (C=O) groups excluding carboxylic acids is 1. The Morgan fingerprint density at radius 1 is 1.15 bits per heavy atom. The molecule has 0 saturated heterocycles. The number of rotatable bonds is 8. The second kappa shape index (κ2) is 9.61. The number of carboxylic acid groups (broad SMARTS) is 1. The summed E-state index contributed by atoms with van der Waals surface area (Å²) in [7, 11) is 0. The van der Waals surface area contributed by atoms with E-state index in [1.807, 2.05) is 17.2 Å². The minimum absolute atomic E-state index is 0.0953. The van der Waals surface area contributed by atoms with Crippen molar-refractivity contribution in [1.82, 2.24) is 14.5 Å². The van der Waals surface area contributed by atoms with Crippen LogP contribution in [0.2, 0.25) is 0 Å². The van der Waals surface area contributed by atoms with E-state index in [1.54, 1.807) is 13.8 Å². The zero-order valence-electron chi connectivity index (χ0n) is 20.7. The third-order valence-corrected chi connectivity index (χ3v) is 7.13. The third-order valence-electron chi connectivity index (χ3n) is 7.13. The normalized spacial score (nSPS) is 14.0.